The first kappa shape index (κ1) is 16.3. The lowest BCUT2D eigenvalue weighted by Crippen LogP contribution is -2.55. The van der Waals surface area contributed by atoms with Gasteiger partial charge in [0.25, 0.3) is 0 Å². The van der Waals surface area contributed by atoms with Crippen molar-refractivity contribution in [1.82, 2.24) is 0 Å². The molecule has 4 aliphatic rings. The molecule has 0 aliphatic heterocycles. The minimum atomic E-state index is -1.48. The molecule has 28 heavy (non-hydrogen) atoms. The van der Waals surface area contributed by atoms with Crippen LogP contribution in [0.2, 0.25) is 0 Å². The molecular formula is C26H22O2. The van der Waals surface area contributed by atoms with Crippen molar-refractivity contribution < 1.29 is 10.2 Å². The summed E-state index contributed by atoms with van der Waals surface area (Å²) >= 11 is 0. The second-order valence-electron chi connectivity index (χ2n) is 8.33. The Hall–Kier alpha value is -2.68. The number of hydrogen-bond donors (Lipinski definition) is 2. The number of benzene rings is 2. The first-order valence-electron chi connectivity index (χ1n) is 10.0. The fourth-order valence-corrected chi connectivity index (χ4v) is 6.11. The number of rotatable bonds is 1. The van der Waals surface area contributed by atoms with Crippen molar-refractivity contribution in [2.45, 2.75) is 17.6 Å². The zero-order valence-electron chi connectivity index (χ0n) is 15.5. The van der Waals surface area contributed by atoms with Gasteiger partial charge in [0.2, 0.25) is 0 Å². The topological polar surface area (TPSA) is 40.5 Å². The largest absolute Gasteiger partial charge is 0.381 e. The van der Waals surface area contributed by atoms with Crippen LogP contribution in [0.3, 0.4) is 0 Å². The standard InChI is InChI=1S/C26H22O2/c27-25(21-13-5-1-9-17(21)18-10-2-6-14-22(18)25)26(28)23-15-7-3-11-19(23)20-12-4-8-16-24(20)26/h1-11,13-16,19-20,23,27-28H,12H2. The van der Waals surface area contributed by atoms with Crippen LogP contribution in [-0.4, -0.2) is 15.8 Å². The second-order valence-corrected chi connectivity index (χ2v) is 8.33. The molecule has 0 amide bonds. The average molecular weight is 366 g/mol. The maximum atomic E-state index is 12.5. The number of allylic oxidation sites excluding steroid dienone is 6. The molecule has 1 fully saturated rings. The molecule has 4 aliphatic carbocycles. The van der Waals surface area contributed by atoms with E-state index < -0.39 is 11.2 Å². The van der Waals surface area contributed by atoms with E-state index in [4.69, 9.17) is 0 Å². The second kappa shape index (κ2) is 5.44. The molecule has 0 radical (unpaired) electrons. The zero-order chi connectivity index (χ0) is 18.9. The SMILES string of the molecule is OC1(C2(O)C3=CC=CCC3C3C=CC=CC32)c2ccccc2-c2ccccc21. The van der Waals surface area contributed by atoms with Crippen LogP contribution in [0.1, 0.15) is 17.5 Å². The summed E-state index contributed by atoms with van der Waals surface area (Å²) in [6.45, 7) is 0. The van der Waals surface area contributed by atoms with Crippen molar-refractivity contribution in [3.05, 3.63) is 108 Å². The molecule has 2 heteroatoms. The first-order valence-corrected chi connectivity index (χ1v) is 10.0. The van der Waals surface area contributed by atoms with Crippen molar-refractivity contribution >= 4 is 0 Å². The van der Waals surface area contributed by atoms with Gasteiger partial charge in [-0.25, -0.2) is 0 Å². The lowest BCUT2D eigenvalue weighted by atomic mass is 9.66. The Kier molecular flexibility index (Phi) is 3.16. The van der Waals surface area contributed by atoms with Gasteiger partial charge in [-0.05, 0) is 46.1 Å². The summed E-state index contributed by atoms with van der Waals surface area (Å²) in [5, 5.41) is 25.0. The van der Waals surface area contributed by atoms with Crippen LogP contribution in [0.15, 0.2) is 96.6 Å². The zero-order valence-corrected chi connectivity index (χ0v) is 15.5. The predicted octanol–water partition coefficient (Wildman–Crippen LogP) is 4.51. The molecule has 138 valence electrons. The summed E-state index contributed by atoms with van der Waals surface area (Å²) in [5.74, 6) is 0.234. The van der Waals surface area contributed by atoms with Crippen LogP contribution >= 0.6 is 0 Å². The molecule has 4 atom stereocenters. The lowest BCUT2D eigenvalue weighted by molar-refractivity contribution is -0.123. The normalized spacial score (nSPS) is 33.1. The summed E-state index contributed by atoms with van der Waals surface area (Å²) < 4.78 is 0. The molecule has 1 saturated carbocycles. The van der Waals surface area contributed by atoms with Gasteiger partial charge in [0, 0.05) is 5.92 Å². The fourth-order valence-electron chi connectivity index (χ4n) is 6.11. The number of hydrogen-bond acceptors (Lipinski definition) is 2. The molecule has 6 rings (SSSR count). The Morgan fingerprint density at radius 2 is 1.43 bits per heavy atom. The summed E-state index contributed by atoms with van der Waals surface area (Å²) in [4.78, 5) is 0. The Morgan fingerprint density at radius 3 is 2.14 bits per heavy atom. The summed E-state index contributed by atoms with van der Waals surface area (Å²) in [6, 6.07) is 15.9. The van der Waals surface area contributed by atoms with Crippen molar-refractivity contribution in [3.63, 3.8) is 0 Å². The van der Waals surface area contributed by atoms with Gasteiger partial charge in [-0.15, -0.1) is 0 Å². The highest BCUT2D eigenvalue weighted by Crippen LogP contribution is 2.64. The van der Waals surface area contributed by atoms with Gasteiger partial charge in [-0.2, -0.15) is 0 Å². The van der Waals surface area contributed by atoms with Crippen molar-refractivity contribution in [3.8, 4) is 11.1 Å². The van der Waals surface area contributed by atoms with Crippen LogP contribution in [0, 0.1) is 17.8 Å². The summed E-state index contributed by atoms with van der Waals surface area (Å²) in [6.07, 6.45) is 15.5. The quantitative estimate of drug-likeness (QED) is 0.780. The smallest absolute Gasteiger partial charge is 0.149 e. The van der Waals surface area contributed by atoms with Gasteiger partial charge < -0.3 is 10.2 Å². The lowest BCUT2D eigenvalue weighted by Gasteiger charge is -2.45. The van der Waals surface area contributed by atoms with Crippen molar-refractivity contribution in [2.75, 3.05) is 0 Å². The van der Waals surface area contributed by atoms with Crippen molar-refractivity contribution in [2.24, 2.45) is 17.8 Å². The Bertz CT molecular complexity index is 1060. The van der Waals surface area contributed by atoms with E-state index >= 15 is 0 Å². The Labute approximate surface area is 164 Å². The van der Waals surface area contributed by atoms with E-state index in [1.807, 2.05) is 66.8 Å². The average Bonchev–Trinajstić information content (AvgIpc) is 3.19. The van der Waals surface area contributed by atoms with E-state index in [1.54, 1.807) is 0 Å². The van der Waals surface area contributed by atoms with E-state index in [9.17, 15) is 10.2 Å². The summed E-state index contributed by atoms with van der Waals surface area (Å²) in [7, 11) is 0. The Morgan fingerprint density at radius 1 is 0.786 bits per heavy atom. The molecule has 0 bridgehead atoms. The molecule has 0 heterocycles. The minimum absolute atomic E-state index is 0.169. The van der Waals surface area contributed by atoms with Gasteiger partial charge in [0.15, 0.2) is 0 Å². The highest BCUT2D eigenvalue weighted by Gasteiger charge is 2.67. The van der Waals surface area contributed by atoms with Crippen LogP contribution in [0.4, 0.5) is 0 Å². The first-order chi connectivity index (χ1) is 13.7. The van der Waals surface area contributed by atoms with Gasteiger partial charge in [0.1, 0.15) is 11.2 Å². The maximum Gasteiger partial charge on any atom is 0.149 e. The molecule has 2 N–H and O–H groups in total. The predicted molar refractivity (Wildman–Crippen MR) is 110 cm³/mol. The number of fused-ring (bicyclic) bond motifs is 6. The van der Waals surface area contributed by atoms with Gasteiger partial charge in [-0.3, -0.25) is 0 Å². The summed E-state index contributed by atoms with van der Waals surface area (Å²) in [5.41, 5.74) is 1.71. The van der Waals surface area contributed by atoms with Gasteiger partial charge >= 0.3 is 0 Å². The van der Waals surface area contributed by atoms with E-state index in [2.05, 4.69) is 24.3 Å². The maximum absolute atomic E-state index is 12.5. The third kappa shape index (κ3) is 1.71. The Balaban J connectivity index is 1.69. The number of aliphatic hydroxyl groups is 2. The van der Waals surface area contributed by atoms with E-state index in [1.165, 1.54) is 0 Å². The molecule has 0 spiro atoms. The molecule has 4 unspecified atom stereocenters. The van der Waals surface area contributed by atoms with E-state index in [0.717, 1.165) is 34.2 Å². The van der Waals surface area contributed by atoms with Crippen LogP contribution in [-0.2, 0) is 5.60 Å². The van der Waals surface area contributed by atoms with E-state index in [0.29, 0.717) is 0 Å². The van der Waals surface area contributed by atoms with Gasteiger partial charge in [0.05, 0.1) is 0 Å². The van der Waals surface area contributed by atoms with Crippen LogP contribution in [0.5, 0.6) is 0 Å². The third-order valence-electron chi connectivity index (χ3n) is 7.24. The molecule has 2 aromatic rings. The molecule has 0 saturated heterocycles. The highest BCUT2D eigenvalue weighted by atomic mass is 16.4. The monoisotopic (exact) mass is 366 g/mol. The highest BCUT2D eigenvalue weighted by molar-refractivity contribution is 5.81. The molecule has 2 nitrogen and oxygen atoms in total. The van der Waals surface area contributed by atoms with Crippen molar-refractivity contribution in [1.29, 1.82) is 0 Å². The third-order valence-corrected chi connectivity index (χ3v) is 7.24. The van der Waals surface area contributed by atoms with E-state index in [-0.39, 0.29) is 17.8 Å². The van der Waals surface area contributed by atoms with Gasteiger partial charge in [-0.1, -0.05) is 91.1 Å². The van der Waals surface area contributed by atoms with Crippen LogP contribution in [0.25, 0.3) is 11.1 Å². The minimum Gasteiger partial charge on any atom is -0.381 e. The molecule has 2 aromatic carbocycles. The van der Waals surface area contributed by atoms with Crippen LogP contribution < -0.4 is 0 Å². The fraction of sp³-hybridized carbons (Fsp3) is 0.231. The molecular weight excluding hydrogens is 344 g/mol. The molecule has 0 aromatic heterocycles.